The third kappa shape index (κ3) is 5.61. The van der Waals surface area contributed by atoms with Crippen LogP contribution < -0.4 is 4.90 Å². The summed E-state index contributed by atoms with van der Waals surface area (Å²) >= 11 is 0. The largest absolute Gasteiger partial charge is 0.505 e. The monoisotopic (exact) mass is 465 g/mol. The molecule has 3 aromatic rings. The zero-order valence-electron chi connectivity index (χ0n) is 20.5. The number of aryl methyl sites for hydroxylation is 1. The molecule has 2 aromatic heterocycles. The maximum absolute atomic E-state index is 14.1. The van der Waals surface area contributed by atoms with Crippen molar-refractivity contribution in [3.8, 4) is 0 Å². The van der Waals surface area contributed by atoms with E-state index in [0.717, 1.165) is 42.8 Å². The molecule has 1 aromatic carbocycles. The van der Waals surface area contributed by atoms with Crippen LogP contribution in [0.1, 0.15) is 49.7 Å². The Morgan fingerprint density at radius 2 is 1.85 bits per heavy atom. The van der Waals surface area contributed by atoms with Crippen LogP contribution in [0.4, 0.5) is 10.1 Å². The van der Waals surface area contributed by atoms with E-state index in [1.807, 2.05) is 37.7 Å². The van der Waals surface area contributed by atoms with Gasteiger partial charge in [-0.15, -0.1) is 0 Å². The minimum absolute atomic E-state index is 0.184. The molecule has 5 rings (SSSR count). The lowest BCUT2D eigenvalue weighted by molar-refractivity contribution is 0.141. The standard InChI is InChI=1S/C24H28FN3O.C4H8O/c1-17-15-29-16-22(17)18-4-6-21(7-5-18)27-9-11-28(12-10-27)23-14-20(25)13-19-3-2-8-26-24(19)23;1-3-4-5-2/h2-3,8,13-16,18,21H,4-7,9-12H2,1H3;3-4H,1-2H3/b;4-3+. The Bertz CT molecular complexity index is 1080. The minimum atomic E-state index is -0.184. The van der Waals surface area contributed by atoms with E-state index in [0.29, 0.717) is 12.0 Å². The summed E-state index contributed by atoms with van der Waals surface area (Å²) in [6.45, 7) is 7.97. The number of halogens is 1. The van der Waals surface area contributed by atoms with Crippen LogP contribution in [-0.4, -0.2) is 49.2 Å². The van der Waals surface area contributed by atoms with E-state index in [-0.39, 0.29) is 5.82 Å². The van der Waals surface area contributed by atoms with Gasteiger partial charge in [-0.1, -0.05) is 12.1 Å². The molecule has 182 valence electrons. The Labute approximate surface area is 202 Å². The van der Waals surface area contributed by atoms with Crippen LogP contribution in [0.5, 0.6) is 0 Å². The van der Waals surface area contributed by atoms with Gasteiger partial charge in [0, 0.05) is 43.8 Å². The van der Waals surface area contributed by atoms with Crippen molar-refractivity contribution in [3.05, 3.63) is 72.3 Å². The number of ether oxygens (including phenoxy) is 1. The molecule has 2 fully saturated rings. The second-order valence-corrected chi connectivity index (χ2v) is 9.24. The van der Waals surface area contributed by atoms with Gasteiger partial charge in [-0.05, 0) is 74.8 Å². The van der Waals surface area contributed by atoms with Gasteiger partial charge in [0.2, 0.25) is 0 Å². The molecule has 0 unspecified atom stereocenters. The molecule has 5 nitrogen and oxygen atoms in total. The number of piperazine rings is 1. The Balaban J connectivity index is 0.000000499. The number of rotatable bonds is 4. The van der Waals surface area contributed by atoms with Crippen LogP contribution in [0.15, 0.2) is 59.7 Å². The number of anilines is 1. The van der Waals surface area contributed by atoms with Gasteiger partial charge < -0.3 is 14.1 Å². The van der Waals surface area contributed by atoms with Crippen LogP contribution in [0.2, 0.25) is 0 Å². The van der Waals surface area contributed by atoms with Gasteiger partial charge >= 0.3 is 0 Å². The summed E-state index contributed by atoms with van der Waals surface area (Å²) < 4.78 is 24.0. The molecule has 3 heterocycles. The average Bonchev–Trinajstić information content (AvgIpc) is 3.30. The SMILES string of the molecule is C/C=C/OC.Cc1cocc1C1CCC(N2CCN(c3cc(F)cc4cccnc34)CC2)CC1. The number of allylic oxidation sites excluding steroid dienone is 1. The molecule has 0 amide bonds. The molecule has 0 atom stereocenters. The Morgan fingerprint density at radius 3 is 2.47 bits per heavy atom. The second kappa shape index (κ2) is 11.5. The zero-order valence-corrected chi connectivity index (χ0v) is 20.5. The average molecular weight is 466 g/mol. The summed E-state index contributed by atoms with van der Waals surface area (Å²) in [4.78, 5) is 9.46. The third-order valence-electron chi connectivity index (χ3n) is 7.12. The number of pyridine rings is 1. The van der Waals surface area contributed by atoms with Crippen LogP contribution in [0.25, 0.3) is 10.9 Å². The molecule has 0 radical (unpaired) electrons. The molecule has 0 N–H and O–H groups in total. The van der Waals surface area contributed by atoms with E-state index in [1.165, 1.54) is 36.8 Å². The van der Waals surface area contributed by atoms with Crippen molar-refractivity contribution >= 4 is 16.6 Å². The summed E-state index contributed by atoms with van der Waals surface area (Å²) in [5.41, 5.74) is 4.52. The van der Waals surface area contributed by atoms with Gasteiger partial charge in [0.25, 0.3) is 0 Å². The Kier molecular flexibility index (Phi) is 8.22. The van der Waals surface area contributed by atoms with E-state index in [2.05, 4.69) is 26.4 Å². The maximum Gasteiger partial charge on any atom is 0.126 e. The highest BCUT2D eigenvalue weighted by Gasteiger charge is 2.30. The molecule has 1 saturated carbocycles. The minimum Gasteiger partial charge on any atom is -0.505 e. The highest BCUT2D eigenvalue weighted by molar-refractivity contribution is 5.90. The maximum atomic E-state index is 14.1. The van der Waals surface area contributed by atoms with Crippen molar-refractivity contribution < 1.29 is 13.5 Å². The lowest BCUT2D eigenvalue weighted by Gasteiger charge is -2.42. The van der Waals surface area contributed by atoms with Crippen molar-refractivity contribution in [1.82, 2.24) is 9.88 Å². The van der Waals surface area contributed by atoms with E-state index in [1.54, 1.807) is 31.7 Å². The number of hydrogen-bond donors (Lipinski definition) is 0. The van der Waals surface area contributed by atoms with E-state index in [9.17, 15) is 4.39 Å². The van der Waals surface area contributed by atoms with Gasteiger partial charge in [0.15, 0.2) is 0 Å². The molecular formula is C28H36FN3O2. The lowest BCUT2D eigenvalue weighted by Crippen LogP contribution is -2.51. The summed E-state index contributed by atoms with van der Waals surface area (Å²) in [5.74, 6) is 0.465. The molecular weight excluding hydrogens is 429 g/mol. The third-order valence-corrected chi connectivity index (χ3v) is 7.12. The molecule has 6 heteroatoms. The highest BCUT2D eigenvalue weighted by atomic mass is 19.1. The van der Waals surface area contributed by atoms with Crippen molar-refractivity contribution in [2.75, 3.05) is 38.2 Å². The molecule has 34 heavy (non-hydrogen) atoms. The topological polar surface area (TPSA) is 41.7 Å². The molecule has 1 aliphatic heterocycles. The van der Waals surface area contributed by atoms with E-state index < -0.39 is 0 Å². The fourth-order valence-corrected chi connectivity index (χ4v) is 5.38. The highest BCUT2D eigenvalue weighted by Crippen LogP contribution is 2.37. The molecule has 1 aliphatic carbocycles. The predicted molar refractivity (Wildman–Crippen MR) is 136 cm³/mol. The lowest BCUT2D eigenvalue weighted by atomic mass is 9.81. The van der Waals surface area contributed by atoms with Gasteiger partial charge in [-0.25, -0.2) is 4.39 Å². The van der Waals surface area contributed by atoms with Gasteiger partial charge in [0.1, 0.15) is 5.82 Å². The molecule has 2 aliphatic rings. The Hall–Kier alpha value is -2.86. The molecule has 0 spiro atoms. The van der Waals surface area contributed by atoms with E-state index >= 15 is 0 Å². The first-order valence-electron chi connectivity index (χ1n) is 12.3. The van der Waals surface area contributed by atoms with Crippen LogP contribution in [0.3, 0.4) is 0 Å². The van der Waals surface area contributed by atoms with Crippen molar-refractivity contribution in [2.45, 2.75) is 51.5 Å². The number of methoxy groups -OCH3 is 1. The fourth-order valence-electron chi connectivity index (χ4n) is 5.38. The first-order chi connectivity index (χ1) is 16.6. The van der Waals surface area contributed by atoms with Gasteiger partial charge in [-0.3, -0.25) is 9.88 Å². The summed E-state index contributed by atoms with van der Waals surface area (Å²) in [6.07, 6.45) is 14.0. The predicted octanol–water partition coefficient (Wildman–Crippen LogP) is 6.29. The second-order valence-electron chi connectivity index (χ2n) is 9.24. The molecule has 0 bridgehead atoms. The number of fused-ring (bicyclic) bond motifs is 1. The Morgan fingerprint density at radius 1 is 1.09 bits per heavy atom. The number of aromatic nitrogens is 1. The van der Waals surface area contributed by atoms with Crippen molar-refractivity contribution in [3.63, 3.8) is 0 Å². The number of nitrogens with zero attached hydrogens (tertiary/aromatic N) is 3. The number of hydrogen-bond acceptors (Lipinski definition) is 5. The number of benzene rings is 1. The van der Waals surface area contributed by atoms with Crippen LogP contribution >= 0.6 is 0 Å². The van der Waals surface area contributed by atoms with E-state index in [4.69, 9.17) is 4.42 Å². The number of furan rings is 1. The molecule has 1 saturated heterocycles. The van der Waals surface area contributed by atoms with Gasteiger partial charge in [0.05, 0.1) is 37.1 Å². The first-order valence-corrected chi connectivity index (χ1v) is 12.3. The quantitative estimate of drug-likeness (QED) is 0.424. The summed E-state index contributed by atoms with van der Waals surface area (Å²) in [7, 11) is 1.62. The normalized spacial score (nSPS) is 21.5. The smallest absolute Gasteiger partial charge is 0.126 e. The van der Waals surface area contributed by atoms with Crippen molar-refractivity contribution in [1.29, 1.82) is 0 Å². The summed E-state index contributed by atoms with van der Waals surface area (Å²) in [6, 6.07) is 7.69. The first kappa shape index (κ1) is 24.3. The summed E-state index contributed by atoms with van der Waals surface area (Å²) in [5, 5.41) is 0.873. The van der Waals surface area contributed by atoms with Crippen LogP contribution in [0, 0.1) is 12.7 Å². The van der Waals surface area contributed by atoms with Gasteiger partial charge in [-0.2, -0.15) is 0 Å². The van der Waals surface area contributed by atoms with Crippen molar-refractivity contribution in [2.24, 2.45) is 0 Å². The fraction of sp³-hybridized carbons (Fsp3) is 0.464. The zero-order chi connectivity index (χ0) is 23.9. The van der Waals surface area contributed by atoms with Crippen LogP contribution in [-0.2, 0) is 4.74 Å².